The van der Waals surface area contributed by atoms with Crippen molar-refractivity contribution in [1.29, 1.82) is 0 Å². The van der Waals surface area contributed by atoms with E-state index in [9.17, 15) is 13.2 Å². The largest absolute Gasteiger partial charge is 0.355 e. The highest BCUT2D eigenvalue weighted by atomic mass is 32.2. The van der Waals surface area contributed by atoms with E-state index >= 15 is 0 Å². The maximum absolute atomic E-state index is 12.0. The van der Waals surface area contributed by atoms with E-state index in [4.69, 9.17) is 0 Å². The number of benzene rings is 1. The Balaban J connectivity index is 1.83. The van der Waals surface area contributed by atoms with Crippen LogP contribution >= 0.6 is 0 Å². The molecule has 1 aliphatic rings. The Bertz CT molecular complexity index is 519. The molecule has 1 aromatic carbocycles. The van der Waals surface area contributed by atoms with Crippen molar-refractivity contribution >= 4 is 15.7 Å². The topological polar surface area (TPSA) is 63.2 Å². The molecular formula is C14H19NO3S. The Hall–Kier alpha value is -1.36. The first-order valence-corrected chi connectivity index (χ1v) is 8.30. The summed E-state index contributed by atoms with van der Waals surface area (Å²) in [6.45, 7) is 0.187. The lowest BCUT2D eigenvalue weighted by atomic mass is 10.1. The molecule has 1 amide bonds. The SMILES string of the molecule is O=C(NCCS(=O)(=O)c1ccccc1)C1CCCC1. The van der Waals surface area contributed by atoms with Gasteiger partial charge in [-0.05, 0) is 25.0 Å². The average Bonchev–Trinajstić information content (AvgIpc) is 2.93. The van der Waals surface area contributed by atoms with Crippen molar-refractivity contribution in [3.8, 4) is 0 Å². The molecule has 2 rings (SSSR count). The molecule has 0 atom stereocenters. The van der Waals surface area contributed by atoms with Crippen LogP contribution in [0.2, 0.25) is 0 Å². The lowest BCUT2D eigenvalue weighted by molar-refractivity contribution is -0.124. The van der Waals surface area contributed by atoms with Gasteiger partial charge in [-0.25, -0.2) is 8.42 Å². The summed E-state index contributed by atoms with van der Waals surface area (Å²) in [5.74, 6) is 0.0374. The first-order chi connectivity index (χ1) is 9.09. The number of hydrogen-bond acceptors (Lipinski definition) is 3. The lowest BCUT2D eigenvalue weighted by Gasteiger charge is -2.10. The van der Waals surface area contributed by atoms with Crippen molar-refractivity contribution < 1.29 is 13.2 Å². The van der Waals surface area contributed by atoms with E-state index in [0.29, 0.717) is 4.90 Å². The number of hydrogen-bond donors (Lipinski definition) is 1. The van der Waals surface area contributed by atoms with E-state index < -0.39 is 9.84 Å². The standard InChI is InChI=1S/C14H19NO3S/c16-14(12-6-4-5-7-12)15-10-11-19(17,18)13-8-2-1-3-9-13/h1-3,8-9,12H,4-7,10-11H2,(H,15,16). The van der Waals surface area contributed by atoms with Crippen molar-refractivity contribution in [2.75, 3.05) is 12.3 Å². The van der Waals surface area contributed by atoms with Crippen LogP contribution in [0.1, 0.15) is 25.7 Å². The van der Waals surface area contributed by atoms with Crippen LogP contribution in [0.25, 0.3) is 0 Å². The van der Waals surface area contributed by atoms with Gasteiger partial charge in [0.2, 0.25) is 5.91 Å². The minimum atomic E-state index is -3.29. The molecule has 1 saturated carbocycles. The van der Waals surface area contributed by atoms with Gasteiger partial charge in [-0.2, -0.15) is 0 Å². The van der Waals surface area contributed by atoms with Gasteiger partial charge >= 0.3 is 0 Å². The van der Waals surface area contributed by atoms with Gasteiger partial charge in [-0.1, -0.05) is 31.0 Å². The van der Waals surface area contributed by atoms with E-state index in [1.54, 1.807) is 30.3 Å². The fraction of sp³-hybridized carbons (Fsp3) is 0.500. The Morgan fingerprint density at radius 3 is 2.42 bits per heavy atom. The van der Waals surface area contributed by atoms with Gasteiger partial charge in [0, 0.05) is 12.5 Å². The fourth-order valence-electron chi connectivity index (χ4n) is 2.39. The highest BCUT2D eigenvalue weighted by molar-refractivity contribution is 7.91. The average molecular weight is 281 g/mol. The monoisotopic (exact) mass is 281 g/mol. The Kier molecular flexibility index (Phi) is 4.58. The first kappa shape index (κ1) is 14.1. The molecule has 0 bridgehead atoms. The molecule has 0 aliphatic heterocycles. The van der Waals surface area contributed by atoms with Crippen molar-refractivity contribution in [3.63, 3.8) is 0 Å². The third kappa shape index (κ3) is 3.80. The van der Waals surface area contributed by atoms with Crippen LogP contribution in [0, 0.1) is 5.92 Å². The highest BCUT2D eigenvalue weighted by Gasteiger charge is 2.22. The number of carbonyl (C=O) groups excluding carboxylic acids is 1. The van der Waals surface area contributed by atoms with Gasteiger partial charge in [0.05, 0.1) is 10.6 Å². The molecule has 1 N–H and O–H groups in total. The predicted octanol–water partition coefficient (Wildman–Crippen LogP) is 1.77. The van der Waals surface area contributed by atoms with E-state index in [0.717, 1.165) is 25.7 Å². The quantitative estimate of drug-likeness (QED) is 0.894. The summed E-state index contributed by atoms with van der Waals surface area (Å²) in [5, 5.41) is 2.73. The molecule has 1 fully saturated rings. The minimum Gasteiger partial charge on any atom is -0.355 e. The van der Waals surface area contributed by atoms with E-state index in [1.165, 1.54) is 0 Å². The predicted molar refractivity (Wildman–Crippen MR) is 73.5 cm³/mol. The summed E-state index contributed by atoms with van der Waals surface area (Å²) in [6, 6.07) is 8.33. The third-order valence-electron chi connectivity index (χ3n) is 3.50. The summed E-state index contributed by atoms with van der Waals surface area (Å²) in [4.78, 5) is 12.1. The van der Waals surface area contributed by atoms with Crippen LogP contribution in [-0.4, -0.2) is 26.6 Å². The van der Waals surface area contributed by atoms with Gasteiger partial charge in [0.15, 0.2) is 9.84 Å². The zero-order valence-electron chi connectivity index (χ0n) is 10.8. The molecule has 0 heterocycles. The lowest BCUT2D eigenvalue weighted by Crippen LogP contribution is -2.33. The summed E-state index contributed by atoms with van der Waals surface area (Å²) < 4.78 is 24.0. The van der Waals surface area contributed by atoms with E-state index in [-0.39, 0.29) is 24.1 Å². The van der Waals surface area contributed by atoms with Crippen LogP contribution in [0.4, 0.5) is 0 Å². The molecule has 1 aromatic rings. The second-order valence-corrected chi connectivity index (χ2v) is 7.01. The summed E-state index contributed by atoms with van der Waals surface area (Å²) in [6.07, 6.45) is 4.05. The normalized spacial score (nSPS) is 16.4. The summed E-state index contributed by atoms with van der Waals surface area (Å²) in [5.41, 5.74) is 0. The highest BCUT2D eigenvalue weighted by Crippen LogP contribution is 2.24. The fourth-order valence-corrected chi connectivity index (χ4v) is 3.56. The van der Waals surface area contributed by atoms with Crippen molar-refractivity contribution in [2.24, 2.45) is 5.92 Å². The Morgan fingerprint density at radius 1 is 1.16 bits per heavy atom. The van der Waals surface area contributed by atoms with Gasteiger partial charge < -0.3 is 5.32 Å². The van der Waals surface area contributed by atoms with Gasteiger partial charge in [-0.15, -0.1) is 0 Å². The number of carbonyl (C=O) groups is 1. The van der Waals surface area contributed by atoms with Crippen LogP contribution < -0.4 is 5.32 Å². The molecule has 19 heavy (non-hydrogen) atoms. The molecule has 0 spiro atoms. The van der Waals surface area contributed by atoms with Crippen LogP contribution in [-0.2, 0) is 14.6 Å². The maximum Gasteiger partial charge on any atom is 0.223 e. The van der Waals surface area contributed by atoms with Crippen molar-refractivity contribution in [3.05, 3.63) is 30.3 Å². The molecule has 0 saturated heterocycles. The zero-order chi connectivity index (χ0) is 13.7. The zero-order valence-corrected chi connectivity index (χ0v) is 11.7. The molecule has 0 radical (unpaired) electrons. The van der Waals surface area contributed by atoms with Crippen LogP contribution in [0.3, 0.4) is 0 Å². The van der Waals surface area contributed by atoms with E-state index in [2.05, 4.69) is 5.32 Å². The molecule has 0 aromatic heterocycles. The molecular weight excluding hydrogens is 262 g/mol. The summed E-state index contributed by atoms with van der Waals surface area (Å²) in [7, 11) is -3.29. The number of nitrogens with one attached hydrogen (secondary N) is 1. The molecule has 0 unspecified atom stereocenters. The molecule has 1 aliphatic carbocycles. The number of amides is 1. The smallest absolute Gasteiger partial charge is 0.223 e. The van der Waals surface area contributed by atoms with Crippen molar-refractivity contribution in [1.82, 2.24) is 5.32 Å². The summed E-state index contributed by atoms with van der Waals surface area (Å²) >= 11 is 0. The van der Waals surface area contributed by atoms with Crippen molar-refractivity contribution in [2.45, 2.75) is 30.6 Å². The second kappa shape index (κ2) is 6.19. The van der Waals surface area contributed by atoms with Crippen LogP contribution in [0.5, 0.6) is 0 Å². The first-order valence-electron chi connectivity index (χ1n) is 6.65. The van der Waals surface area contributed by atoms with Gasteiger partial charge in [0.25, 0.3) is 0 Å². The third-order valence-corrected chi connectivity index (χ3v) is 5.23. The molecule has 104 valence electrons. The number of sulfone groups is 1. The Labute approximate surface area is 114 Å². The van der Waals surface area contributed by atoms with Gasteiger partial charge in [0.1, 0.15) is 0 Å². The molecule has 5 heteroatoms. The van der Waals surface area contributed by atoms with Gasteiger partial charge in [-0.3, -0.25) is 4.79 Å². The molecule has 4 nitrogen and oxygen atoms in total. The van der Waals surface area contributed by atoms with Crippen LogP contribution in [0.15, 0.2) is 35.2 Å². The minimum absolute atomic E-state index is 0.000705. The maximum atomic E-state index is 12.0. The van der Waals surface area contributed by atoms with E-state index in [1.807, 2.05) is 0 Å². The second-order valence-electron chi connectivity index (χ2n) is 4.90. The Morgan fingerprint density at radius 2 is 1.79 bits per heavy atom. The number of rotatable bonds is 5.